The number of guanidine groups is 2. The largest absolute Gasteiger partial charge is 0.370 e. The molecule has 156 valence electrons. The van der Waals surface area contributed by atoms with Crippen LogP contribution in [0.15, 0.2) is 4.99 Å². The van der Waals surface area contributed by atoms with Crippen LogP contribution in [-0.2, 0) is 0 Å². The van der Waals surface area contributed by atoms with Crippen molar-refractivity contribution in [2.75, 3.05) is 32.7 Å². The normalized spacial score (nSPS) is 39.0. The molecule has 4 aliphatic carbocycles. The van der Waals surface area contributed by atoms with E-state index in [2.05, 4.69) is 20.1 Å². The lowest BCUT2D eigenvalue weighted by Crippen LogP contribution is -2.48. The Morgan fingerprint density at radius 3 is 2.43 bits per heavy atom. The fraction of sp³-hybridized carbons (Fsp3) is 0.909. The lowest BCUT2D eigenvalue weighted by Gasteiger charge is -2.57. The smallest absolute Gasteiger partial charge is 0.191 e. The van der Waals surface area contributed by atoms with Gasteiger partial charge in [-0.2, -0.15) is 0 Å². The van der Waals surface area contributed by atoms with Gasteiger partial charge in [0.2, 0.25) is 0 Å². The zero-order chi connectivity index (χ0) is 19.1. The molecule has 4 bridgehead atoms. The Bertz CT molecular complexity index is 593. The predicted molar refractivity (Wildman–Crippen MR) is 113 cm³/mol. The first-order chi connectivity index (χ1) is 13.6. The van der Waals surface area contributed by atoms with Crippen molar-refractivity contribution in [1.29, 1.82) is 5.41 Å². The summed E-state index contributed by atoms with van der Waals surface area (Å²) in [5.74, 6) is 4.48. The summed E-state index contributed by atoms with van der Waals surface area (Å²) in [6.45, 7) is 4.91. The van der Waals surface area contributed by atoms with Gasteiger partial charge in [0.25, 0.3) is 0 Å². The summed E-state index contributed by atoms with van der Waals surface area (Å²) in [6, 6.07) is 0.506. The molecule has 0 aromatic rings. The quantitative estimate of drug-likeness (QED) is 0.560. The maximum atomic E-state index is 8.39. The van der Waals surface area contributed by atoms with Crippen molar-refractivity contribution in [3.8, 4) is 0 Å². The van der Waals surface area contributed by atoms with Gasteiger partial charge < -0.3 is 20.9 Å². The highest BCUT2D eigenvalue weighted by molar-refractivity contribution is 5.79. The molecule has 4 saturated carbocycles. The van der Waals surface area contributed by atoms with E-state index in [-0.39, 0.29) is 0 Å². The van der Waals surface area contributed by atoms with E-state index in [9.17, 15) is 0 Å². The zero-order valence-corrected chi connectivity index (χ0v) is 17.3. The molecule has 1 saturated heterocycles. The number of rotatable bonds is 8. The van der Waals surface area contributed by atoms with Gasteiger partial charge in [0.15, 0.2) is 11.9 Å². The van der Waals surface area contributed by atoms with Gasteiger partial charge in [-0.05, 0) is 87.4 Å². The fourth-order valence-electron chi connectivity index (χ4n) is 7.52. The molecule has 0 aromatic heterocycles. The molecule has 2 heterocycles. The van der Waals surface area contributed by atoms with E-state index in [0.717, 1.165) is 56.4 Å². The average molecular weight is 387 g/mol. The van der Waals surface area contributed by atoms with E-state index < -0.39 is 0 Å². The third-order valence-electron chi connectivity index (χ3n) is 8.46. The molecule has 4 N–H and O–H groups in total. The van der Waals surface area contributed by atoms with Crippen LogP contribution in [0.1, 0.15) is 64.2 Å². The van der Waals surface area contributed by atoms with Gasteiger partial charge >= 0.3 is 0 Å². The fourth-order valence-corrected chi connectivity index (χ4v) is 7.52. The van der Waals surface area contributed by atoms with E-state index in [1.807, 2.05) is 0 Å². The minimum absolute atomic E-state index is 0.506. The van der Waals surface area contributed by atoms with Crippen molar-refractivity contribution in [3.63, 3.8) is 0 Å². The molecule has 1 atom stereocenters. The van der Waals surface area contributed by atoms with Gasteiger partial charge in [0, 0.05) is 32.2 Å². The summed E-state index contributed by atoms with van der Waals surface area (Å²) in [5.41, 5.74) is 6.54. The monoisotopic (exact) mass is 386 g/mol. The number of hydrogen-bond acceptors (Lipinski definition) is 4. The Hall–Kier alpha value is -1.46. The van der Waals surface area contributed by atoms with Gasteiger partial charge in [-0.15, -0.1) is 0 Å². The van der Waals surface area contributed by atoms with E-state index in [0.29, 0.717) is 17.4 Å². The van der Waals surface area contributed by atoms with Crippen molar-refractivity contribution < 1.29 is 0 Å². The molecular formula is C22H38N6. The number of nitrogens with two attached hydrogens (primary N) is 1. The van der Waals surface area contributed by atoms with Crippen LogP contribution >= 0.6 is 0 Å². The molecule has 6 nitrogen and oxygen atoms in total. The molecule has 6 rings (SSSR count). The molecule has 0 spiro atoms. The van der Waals surface area contributed by atoms with Crippen LogP contribution in [0.3, 0.4) is 0 Å². The predicted octanol–water partition coefficient (Wildman–Crippen LogP) is 2.60. The number of nitrogens with one attached hydrogen (secondary N) is 2. The molecule has 0 radical (unpaired) electrons. The summed E-state index contributed by atoms with van der Waals surface area (Å²) in [5, 5.41) is 11.7. The van der Waals surface area contributed by atoms with Crippen LogP contribution < -0.4 is 11.1 Å². The number of unbranched alkanes of at least 4 members (excludes halogenated alkanes) is 1. The van der Waals surface area contributed by atoms with E-state index in [1.54, 1.807) is 0 Å². The van der Waals surface area contributed by atoms with Gasteiger partial charge in [-0.1, -0.05) is 0 Å². The lowest BCUT2D eigenvalue weighted by molar-refractivity contribution is -0.0596. The second-order valence-corrected chi connectivity index (χ2v) is 10.5. The van der Waals surface area contributed by atoms with E-state index >= 15 is 0 Å². The maximum absolute atomic E-state index is 8.39. The van der Waals surface area contributed by atoms with Crippen LogP contribution in [0, 0.1) is 28.6 Å². The topological polar surface area (TPSA) is 80.7 Å². The van der Waals surface area contributed by atoms with E-state index in [4.69, 9.17) is 11.1 Å². The Balaban J connectivity index is 1.10. The zero-order valence-electron chi connectivity index (χ0n) is 17.3. The van der Waals surface area contributed by atoms with E-state index in [1.165, 1.54) is 64.2 Å². The van der Waals surface area contributed by atoms with Crippen molar-refractivity contribution in [2.24, 2.45) is 33.9 Å². The number of aliphatic imine (C=N–C) groups is 1. The summed E-state index contributed by atoms with van der Waals surface area (Å²) in [7, 11) is 0. The summed E-state index contributed by atoms with van der Waals surface area (Å²) >= 11 is 0. The van der Waals surface area contributed by atoms with Crippen LogP contribution in [-0.4, -0.2) is 60.5 Å². The van der Waals surface area contributed by atoms with Crippen molar-refractivity contribution in [2.45, 2.75) is 70.3 Å². The van der Waals surface area contributed by atoms with Gasteiger partial charge in [-0.25, -0.2) is 0 Å². The summed E-state index contributed by atoms with van der Waals surface area (Å²) in [6.07, 6.45) is 13.9. The van der Waals surface area contributed by atoms with Gasteiger partial charge in [-0.3, -0.25) is 10.4 Å². The number of nitrogens with zero attached hydrogens (tertiary/aromatic N) is 3. The van der Waals surface area contributed by atoms with Crippen LogP contribution in [0.25, 0.3) is 0 Å². The second-order valence-electron chi connectivity index (χ2n) is 10.5. The molecule has 6 aliphatic rings. The first-order valence-corrected chi connectivity index (χ1v) is 11.7. The Morgan fingerprint density at radius 2 is 1.79 bits per heavy atom. The molecule has 28 heavy (non-hydrogen) atoms. The molecule has 5 fully saturated rings. The summed E-state index contributed by atoms with van der Waals surface area (Å²) in [4.78, 5) is 8.87. The van der Waals surface area contributed by atoms with Crippen LogP contribution in [0.2, 0.25) is 0 Å². The maximum Gasteiger partial charge on any atom is 0.191 e. The molecule has 0 amide bonds. The van der Waals surface area contributed by atoms with Crippen LogP contribution in [0.5, 0.6) is 0 Å². The Labute approximate surface area is 169 Å². The number of hydrogen-bond donors (Lipinski definition) is 3. The molecule has 0 aromatic carbocycles. The van der Waals surface area contributed by atoms with Crippen LogP contribution in [0.4, 0.5) is 0 Å². The average Bonchev–Trinajstić information content (AvgIpc) is 3.21. The SMILES string of the molecule is N=C1NC[C@H](CCCCN2CCN=C2N)N1CCC12CC3CC(CC(C3)C1)C2. The van der Waals surface area contributed by atoms with Crippen molar-refractivity contribution in [1.82, 2.24) is 15.1 Å². The first kappa shape index (κ1) is 18.6. The standard InChI is InChI=1S/C22H38N6/c23-20-25-5-8-27(20)6-2-1-3-19-15-26-21(24)28(19)7-4-22-12-16-9-17(13-22)11-18(10-16)14-22/h16-19H,1-15H2,(H2,23,25)(H2,24,26)/t16?,17?,18?,19-,22?/m0/s1. The minimum Gasteiger partial charge on any atom is -0.370 e. The molecule has 2 aliphatic heterocycles. The Kier molecular flexibility index (Phi) is 4.92. The third kappa shape index (κ3) is 3.59. The summed E-state index contributed by atoms with van der Waals surface area (Å²) < 4.78 is 0. The molecule has 6 heteroatoms. The van der Waals surface area contributed by atoms with Crippen molar-refractivity contribution in [3.05, 3.63) is 0 Å². The minimum atomic E-state index is 0.506. The van der Waals surface area contributed by atoms with Crippen molar-refractivity contribution >= 4 is 11.9 Å². The Morgan fingerprint density at radius 1 is 1.07 bits per heavy atom. The third-order valence-corrected chi connectivity index (χ3v) is 8.46. The van der Waals surface area contributed by atoms with Gasteiger partial charge in [0.05, 0.1) is 6.54 Å². The highest BCUT2D eigenvalue weighted by Crippen LogP contribution is 2.61. The highest BCUT2D eigenvalue weighted by Gasteiger charge is 2.50. The molecular weight excluding hydrogens is 348 g/mol. The lowest BCUT2D eigenvalue weighted by atomic mass is 9.49. The molecule has 0 unspecified atom stereocenters. The second kappa shape index (κ2) is 7.42. The first-order valence-electron chi connectivity index (χ1n) is 11.7. The van der Waals surface area contributed by atoms with Gasteiger partial charge in [0.1, 0.15) is 0 Å². The highest BCUT2D eigenvalue weighted by atomic mass is 15.4.